The molecule has 0 aliphatic heterocycles. The fourth-order valence-electron chi connectivity index (χ4n) is 2.31. The molecular formula is C19H25N3O5. The zero-order valence-electron chi connectivity index (χ0n) is 16.1. The van der Waals surface area contributed by atoms with Gasteiger partial charge in [-0.1, -0.05) is 6.07 Å². The molecule has 0 aliphatic carbocycles. The Morgan fingerprint density at radius 3 is 2.22 bits per heavy atom. The monoisotopic (exact) mass is 375 g/mol. The molecular weight excluding hydrogens is 350 g/mol. The maximum atomic E-state index is 12.2. The van der Waals surface area contributed by atoms with Crippen LogP contribution in [-0.4, -0.2) is 51.2 Å². The Kier molecular flexibility index (Phi) is 8.79. The molecule has 0 aliphatic rings. The summed E-state index contributed by atoms with van der Waals surface area (Å²) in [7, 11) is 3.74. The van der Waals surface area contributed by atoms with E-state index in [1.165, 1.54) is 0 Å². The average molecular weight is 375 g/mol. The number of aryl methyl sites for hydroxylation is 1. The number of anilines is 1. The lowest BCUT2D eigenvalue weighted by Gasteiger charge is -2.16. The number of nitrogens with zero attached hydrogens (tertiary/aromatic N) is 2. The Morgan fingerprint density at radius 1 is 1.15 bits per heavy atom. The summed E-state index contributed by atoms with van der Waals surface area (Å²) in [5.41, 5.74) is 2.06. The van der Waals surface area contributed by atoms with Crippen LogP contribution >= 0.6 is 0 Å². The number of esters is 2. The molecule has 146 valence electrons. The molecule has 27 heavy (non-hydrogen) atoms. The van der Waals surface area contributed by atoms with E-state index in [2.05, 4.69) is 11.4 Å². The van der Waals surface area contributed by atoms with Gasteiger partial charge in [0.15, 0.2) is 0 Å². The third-order valence-corrected chi connectivity index (χ3v) is 3.70. The van der Waals surface area contributed by atoms with E-state index in [1.54, 1.807) is 26.0 Å². The molecule has 0 saturated heterocycles. The van der Waals surface area contributed by atoms with Gasteiger partial charge in [0.2, 0.25) is 11.9 Å². The van der Waals surface area contributed by atoms with Crippen molar-refractivity contribution in [2.75, 3.05) is 32.2 Å². The first kappa shape index (κ1) is 22.0. The number of benzene rings is 1. The molecule has 0 unspecified atom stereocenters. The Bertz CT molecular complexity index is 707. The van der Waals surface area contributed by atoms with E-state index in [0.29, 0.717) is 17.5 Å². The maximum absolute atomic E-state index is 12.2. The number of amides is 1. The van der Waals surface area contributed by atoms with Gasteiger partial charge in [0, 0.05) is 26.2 Å². The van der Waals surface area contributed by atoms with Crippen molar-refractivity contribution < 1.29 is 23.9 Å². The number of ether oxygens (including phenoxy) is 2. The second-order valence-corrected chi connectivity index (χ2v) is 5.85. The number of rotatable bonds is 9. The van der Waals surface area contributed by atoms with Crippen molar-refractivity contribution >= 4 is 23.5 Å². The van der Waals surface area contributed by atoms with E-state index in [4.69, 9.17) is 9.47 Å². The highest BCUT2D eigenvalue weighted by molar-refractivity contribution is 6.02. The van der Waals surface area contributed by atoms with Crippen molar-refractivity contribution in [3.63, 3.8) is 0 Å². The highest BCUT2D eigenvalue weighted by Gasteiger charge is 2.31. The van der Waals surface area contributed by atoms with Crippen molar-refractivity contribution in [3.05, 3.63) is 29.3 Å². The predicted octanol–water partition coefficient (Wildman–Crippen LogP) is 1.17. The second-order valence-electron chi connectivity index (χ2n) is 5.85. The Balaban J connectivity index is 2.78. The van der Waals surface area contributed by atoms with Crippen molar-refractivity contribution in [2.45, 2.75) is 32.7 Å². The fourth-order valence-corrected chi connectivity index (χ4v) is 2.31. The van der Waals surface area contributed by atoms with E-state index in [1.807, 2.05) is 25.1 Å². The molecule has 0 atom stereocenters. The molecule has 0 bridgehead atoms. The minimum atomic E-state index is -1.50. The van der Waals surface area contributed by atoms with Crippen molar-refractivity contribution in [1.82, 2.24) is 5.32 Å². The molecule has 0 spiro atoms. The number of hydrogen-bond donors (Lipinski definition) is 1. The van der Waals surface area contributed by atoms with Crippen LogP contribution in [0.25, 0.3) is 0 Å². The van der Waals surface area contributed by atoms with Crippen LogP contribution in [0, 0.1) is 11.3 Å². The number of nitrogens with one attached hydrogen (secondary N) is 1. The van der Waals surface area contributed by atoms with Crippen LogP contribution in [0.4, 0.5) is 5.69 Å². The quantitative estimate of drug-likeness (QED) is 0.510. The summed E-state index contributed by atoms with van der Waals surface area (Å²) in [4.78, 5) is 37.8. The van der Waals surface area contributed by atoms with Gasteiger partial charge in [0.25, 0.3) is 0 Å². The molecule has 1 aromatic carbocycles. The topological polar surface area (TPSA) is 109 Å². The van der Waals surface area contributed by atoms with Crippen molar-refractivity contribution in [3.8, 4) is 6.07 Å². The molecule has 1 aromatic rings. The van der Waals surface area contributed by atoms with E-state index in [0.717, 1.165) is 5.69 Å². The molecule has 0 radical (unpaired) electrons. The van der Waals surface area contributed by atoms with Gasteiger partial charge in [-0.25, -0.2) is 9.59 Å². The van der Waals surface area contributed by atoms with Crippen molar-refractivity contribution in [2.24, 2.45) is 0 Å². The average Bonchev–Trinajstić information content (AvgIpc) is 2.64. The van der Waals surface area contributed by atoms with Gasteiger partial charge in [-0.2, -0.15) is 5.26 Å². The summed E-state index contributed by atoms with van der Waals surface area (Å²) in [5, 5.41) is 11.7. The Hall–Kier alpha value is -3.08. The van der Waals surface area contributed by atoms with Gasteiger partial charge in [-0.05, 0) is 38.0 Å². The van der Waals surface area contributed by atoms with E-state index in [-0.39, 0.29) is 19.6 Å². The Labute approximate surface area is 159 Å². The summed E-state index contributed by atoms with van der Waals surface area (Å²) >= 11 is 0. The third-order valence-electron chi connectivity index (χ3n) is 3.70. The van der Waals surface area contributed by atoms with Gasteiger partial charge in [0.05, 0.1) is 24.8 Å². The van der Waals surface area contributed by atoms with Crippen LogP contribution in [0.2, 0.25) is 0 Å². The molecule has 1 rings (SSSR count). The van der Waals surface area contributed by atoms with Gasteiger partial charge in [-0.3, -0.25) is 4.79 Å². The van der Waals surface area contributed by atoms with Gasteiger partial charge >= 0.3 is 11.9 Å². The smallest absolute Gasteiger partial charge is 0.340 e. The fraction of sp³-hybridized carbons (Fsp3) is 0.474. The van der Waals surface area contributed by atoms with Gasteiger partial charge in [0.1, 0.15) is 0 Å². The zero-order valence-corrected chi connectivity index (χ0v) is 16.1. The molecule has 8 nitrogen and oxygen atoms in total. The highest BCUT2D eigenvalue weighted by atomic mass is 16.6. The van der Waals surface area contributed by atoms with Gasteiger partial charge < -0.3 is 19.7 Å². The SMILES string of the molecule is CCOC(=O)C(NC(=O)CCc1ccc(N(C)C)cc1C#N)C(=O)OCC. The summed E-state index contributed by atoms with van der Waals surface area (Å²) in [5.74, 6) is -2.24. The number of carbonyl (C=O) groups excluding carboxylic acids is 3. The molecule has 0 fully saturated rings. The van der Waals surface area contributed by atoms with Crippen LogP contribution < -0.4 is 10.2 Å². The normalized spacial score (nSPS) is 10.1. The van der Waals surface area contributed by atoms with Crippen LogP contribution in [-0.2, 0) is 30.3 Å². The zero-order chi connectivity index (χ0) is 20.4. The first-order valence-corrected chi connectivity index (χ1v) is 8.66. The largest absolute Gasteiger partial charge is 0.464 e. The minimum Gasteiger partial charge on any atom is -0.464 e. The van der Waals surface area contributed by atoms with Crippen LogP contribution in [0.1, 0.15) is 31.4 Å². The van der Waals surface area contributed by atoms with E-state index < -0.39 is 23.9 Å². The first-order chi connectivity index (χ1) is 12.8. The number of nitriles is 1. The summed E-state index contributed by atoms with van der Waals surface area (Å²) in [6, 6.07) is 6.01. The number of carbonyl (C=O) groups is 3. The van der Waals surface area contributed by atoms with E-state index in [9.17, 15) is 19.6 Å². The lowest BCUT2D eigenvalue weighted by atomic mass is 10.0. The second kappa shape index (κ2) is 10.8. The summed E-state index contributed by atoms with van der Waals surface area (Å²) in [6.07, 6.45) is 0.298. The summed E-state index contributed by atoms with van der Waals surface area (Å²) < 4.78 is 9.61. The molecule has 0 saturated carbocycles. The number of hydrogen-bond acceptors (Lipinski definition) is 7. The van der Waals surface area contributed by atoms with Crippen molar-refractivity contribution in [1.29, 1.82) is 5.26 Å². The molecule has 8 heteroatoms. The molecule has 1 N–H and O–H groups in total. The molecule has 1 amide bonds. The maximum Gasteiger partial charge on any atom is 0.340 e. The highest BCUT2D eigenvalue weighted by Crippen LogP contribution is 2.18. The first-order valence-electron chi connectivity index (χ1n) is 8.66. The van der Waals surface area contributed by atoms with Crippen LogP contribution in [0.3, 0.4) is 0 Å². The predicted molar refractivity (Wildman–Crippen MR) is 99.0 cm³/mol. The van der Waals surface area contributed by atoms with Crippen LogP contribution in [0.5, 0.6) is 0 Å². The molecule has 0 aromatic heterocycles. The lowest BCUT2D eigenvalue weighted by molar-refractivity contribution is -0.159. The Morgan fingerprint density at radius 2 is 1.74 bits per heavy atom. The lowest BCUT2D eigenvalue weighted by Crippen LogP contribution is -2.48. The minimum absolute atomic E-state index is 0.00526. The standard InChI is InChI=1S/C19H25N3O5/c1-5-26-18(24)17(19(25)27-6-2)21-16(23)10-8-13-7-9-15(22(3)4)11-14(13)12-20/h7,9,11,17H,5-6,8,10H2,1-4H3,(H,21,23). The van der Waals surface area contributed by atoms with Crippen LogP contribution in [0.15, 0.2) is 18.2 Å². The van der Waals surface area contributed by atoms with E-state index >= 15 is 0 Å². The summed E-state index contributed by atoms with van der Waals surface area (Å²) in [6.45, 7) is 3.36. The third kappa shape index (κ3) is 6.62. The van der Waals surface area contributed by atoms with Gasteiger partial charge in [-0.15, -0.1) is 0 Å². The molecule has 0 heterocycles.